The summed E-state index contributed by atoms with van der Waals surface area (Å²) in [5.41, 5.74) is 0.565. The number of nitro groups is 1. The fourth-order valence-corrected chi connectivity index (χ4v) is 1.77. The summed E-state index contributed by atoms with van der Waals surface area (Å²) in [7, 11) is 1.56. The molecule has 0 saturated carbocycles. The van der Waals surface area contributed by atoms with Crippen molar-refractivity contribution in [2.24, 2.45) is 0 Å². The molecule has 0 atom stereocenters. The van der Waals surface area contributed by atoms with Crippen molar-refractivity contribution in [2.45, 2.75) is 0 Å². The average molecular weight is 279 g/mol. The standard InChI is InChI=1S/C13H11F2N3O2/c1-16-11-3-2-4-12(13(11)18(19)20)17-8-5-6-9(14)10(15)7-8/h2-7,16-17H,1H3. The van der Waals surface area contributed by atoms with E-state index >= 15 is 0 Å². The van der Waals surface area contributed by atoms with Gasteiger partial charge in [0.15, 0.2) is 11.6 Å². The number of nitrogens with one attached hydrogen (secondary N) is 2. The summed E-state index contributed by atoms with van der Waals surface area (Å²) in [6.07, 6.45) is 0. The lowest BCUT2D eigenvalue weighted by Gasteiger charge is -2.10. The number of rotatable bonds is 4. The van der Waals surface area contributed by atoms with Gasteiger partial charge in [-0.15, -0.1) is 0 Å². The summed E-state index contributed by atoms with van der Waals surface area (Å²) in [5, 5.41) is 16.5. The summed E-state index contributed by atoms with van der Waals surface area (Å²) >= 11 is 0. The van der Waals surface area contributed by atoms with Gasteiger partial charge in [0, 0.05) is 18.8 Å². The zero-order valence-electron chi connectivity index (χ0n) is 10.5. The molecule has 2 N–H and O–H groups in total. The molecule has 0 unspecified atom stereocenters. The molecule has 0 radical (unpaired) electrons. The highest BCUT2D eigenvalue weighted by Crippen LogP contribution is 2.34. The van der Waals surface area contributed by atoms with Gasteiger partial charge in [0.1, 0.15) is 11.4 Å². The van der Waals surface area contributed by atoms with Crippen LogP contribution in [-0.2, 0) is 0 Å². The van der Waals surface area contributed by atoms with Gasteiger partial charge in [0.05, 0.1) is 4.92 Å². The molecule has 0 fully saturated rings. The number of nitro benzene ring substituents is 1. The van der Waals surface area contributed by atoms with Gasteiger partial charge < -0.3 is 10.6 Å². The molecule has 0 spiro atoms. The molecule has 104 valence electrons. The predicted molar refractivity (Wildman–Crippen MR) is 72.3 cm³/mol. The molecule has 0 heterocycles. The Morgan fingerprint density at radius 1 is 1.10 bits per heavy atom. The van der Waals surface area contributed by atoms with Gasteiger partial charge in [0.2, 0.25) is 0 Å². The van der Waals surface area contributed by atoms with Crippen LogP contribution in [0.1, 0.15) is 0 Å². The van der Waals surface area contributed by atoms with Crippen LogP contribution in [0, 0.1) is 21.7 Å². The van der Waals surface area contributed by atoms with Crippen molar-refractivity contribution in [1.82, 2.24) is 0 Å². The van der Waals surface area contributed by atoms with Crippen molar-refractivity contribution in [3.8, 4) is 0 Å². The molecular weight excluding hydrogens is 268 g/mol. The number of hydrogen-bond acceptors (Lipinski definition) is 4. The van der Waals surface area contributed by atoms with Crippen LogP contribution in [0.3, 0.4) is 0 Å². The highest BCUT2D eigenvalue weighted by molar-refractivity contribution is 5.79. The number of halogens is 2. The Balaban J connectivity index is 2.42. The quantitative estimate of drug-likeness (QED) is 0.662. The number of benzene rings is 2. The van der Waals surface area contributed by atoms with Crippen molar-refractivity contribution in [1.29, 1.82) is 0 Å². The predicted octanol–water partition coefficient (Wildman–Crippen LogP) is 3.66. The molecular formula is C13H11F2N3O2. The van der Waals surface area contributed by atoms with Crippen LogP contribution in [0.5, 0.6) is 0 Å². The minimum atomic E-state index is -1.03. The van der Waals surface area contributed by atoms with Gasteiger partial charge in [-0.2, -0.15) is 0 Å². The van der Waals surface area contributed by atoms with Crippen LogP contribution in [0.2, 0.25) is 0 Å². The normalized spacial score (nSPS) is 10.2. The first-order valence-electron chi connectivity index (χ1n) is 5.70. The third-order valence-corrected chi connectivity index (χ3v) is 2.69. The summed E-state index contributed by atoms with van der Waals surface area (Å²) in [4.78, 5) is 10.6. The van der Waals surface area contributed by atoms with Crippen molar-refractivity contribution in [3.05, 3.63) is 58.1 Å². The summed E-state index contributed by atoms with van der Waals surface area (Å²) in [6.45, 7) is 0. The molecule has 2 rings (SSSR count). The first-order chi connectivity index (χ1) is 9.52. The van der Waals surface area contributed by atoms with Crippen LogP contribution in [-0.4, -0.2) is 12.0 Å². The summed E-state index contributed by atoms with van der Waals surface area (Å²) in [5.74, 6) is -2.00. The molecule has 5 nitrogen and oxygen atoms in total. The molecule has 2 aromatic rings. The van der Waals surface area contributed by atoms with E-state index in [0.29, 0.717) is 5.69 Å². The van der Waals surface area contributed by atoms with Crippen LogP contribution >= 0.6 is 0 Å². The molecule has 0 aliphatic carbocycles. The second kappa shape index (κ2) is 5.52. The maximum absolute atomic E-state index is 13.1. The summed E-state index contributed by atoms with van der Waals surface area (Å²) in [6, 6.07) is 7.83. The SMILES string of the molecule is CNc1cccc(Nc2ccc(F)c(F)c2)c1[N+](=O)[O-]. The third kappa shape index (κ3) is 2.66. The van der Waals surface area contributed by atoms with Crippen LogP contribution in [0.25, 0.3) is 0 Å². The van der Waals surface area contributed by atoms with E-state index in [1.165, 1.54) is 12.1 Å². The van der Waals surface area contributed by atoms with Gasteiger partial charge in [-0.25, -0.2) is 8.78 Å². The lowest BCUT2D eigenvalue weighted by atomic mass is 10.2. The van der Waals surface area contributed by atoms with Crippen molar-refractivity contribution < 1.29 is 13.7 Å². The van der Waals surface area contributed by atoms with E-state index in [-0.39, 0.29) is 17.1 Å². The third-order valence-electron chi connectivity index (χ3n) is 2.69. The Morgan fingerprint density at radius 3 is 2.40 bits per heavy atom. The Hall–Kier alpha value is -2.70. The molecule has 0 aliphatic heterocycles. The highest BCUT2D eigenvalue weighted by atomic mass is 19.2. The molecule has 0 saturated heterocycles. The lowest BCUT2D eigenvalue weighted by Crippen LogP contribution is -2.01. The number of anilines is 3. The first kappa shape index (κ1) is 13.7. The Labute approximate surface area is 113 Å². The number of para-hydroxylation sites is 1. The topological polar surface area (TPSA) is 67.2 Å². The molecule has 20 heavy (non-hydrogen) atoms. The van der Waals surface area contributed by atoms with Crippen molar-refractivity contribution >= 4 is 22.7 Å². The average Bonchev–Trinajstić information content (AvgIpc) is 2.42. The minimum absolute atomic E-state index is 0.167. The largest absolute Gasteiger partial charge is 0.382 e. The van der Waals surface area contributed by atoms with Gasteiger partial charge in [-0.05, 0) is 24.3 Å². The Bertz CT molecular complexity index is 662. The Morgan fingerprint density at radius 2 is 1.80 bits per heavy atom. The second-order valence-electron chi connectivity index (χ2n) is 3.96. The fourth-order valence-electron chi connectivity index (χ4n) is 1.77. The van der Waals surface area contributed by atoms with E-state index in [9.17, 15) is 18.9 Å². The van der Waals surface area contributed by atoms with Crippen molar-refractivity contribution in [2.75, 3.05) is 17.7 Å². The molecule has 0 bridgehead atoms. The van der Waals surface area contributed by atoms with Crippen LogP contribution < -0.4 is 10.6 Å². The van der Waals surface area contributed by atoms with E-state index in [1.54, 1.807) is 19.2 Å². The van der Waals surface area contributed by atoms with E-state index < -0.39 is 16.6 Å². The molecule has 2 aromatic carbocycles. The zero-order chi connectivity index (χ0) is 14.7. The van der Waals surface area contributed by atoms with Crippen LogP contribution in [0.4, 0.5) is 31.5 Å². The maximum Gasteiger partial charge on any atom is 0.315 e. The van der Waals surface area contributed by atoms with Gasteiger partial charge in [0.25, 0.3) is 0 Å². The van der Waals surface area contributed by atoms with E-state index in [0.717, 1.165) is 12.1 Å². The first-order valence-corrected chi connectivity index (χ1v) is 5.70. The lowest BCUT2D eigenvalue weighted by molar-refractivity contribution is -0.383. The zero-order valence-corrected chi connectivity index (χ0v) is 10.5. The molecule has 7 heteroatoms. The van der Waals surface area contributed by atoms with Gasteiger partial charge in [-0.3, -0.25) is 10.1 Å². The number of hydrogen-bond donors (Lipinski definition) is 2. The smallest absolute Gasteiger partial charge is 0.315 e. The van der Waals surface area contributed by atoms with Gasteiger partial charge in [-0.1, -0.05) is 6.07 Å². The molecule has 0 aromatic heterocycles. The Kier molecular flexibility index (Phi) is 3.79. The van der Waals surface area contributed by atoms with Crippen molar-refractivity contribution in [3.63, 3.8) is 0 Å². The fraction of sp³-hybridized carbons (Fsp3) is 0.0769. The molecule has 0 aliphatic rings. The van der Waals surface area contributed by atoms with Gasteiger partial charge >= 0.3 is 5.69 Å². The highest BCUT2D eigenvalue weighted by Gasteiger charge is 2.19. The second-order valence-corrected chi connectivity index (χ2v) is 3.96. The summed E-state index contributed by atoms with van der Waals surface area (Å²) < 4.78 is 26.0. The number of nitrogens with zero attached hydrogens (tertiary/aromatic N) is 1. The van der Waals surface area contributed by atoms with Crippen LogP contribution in [0.15, 0.2) is 36.4 Å². The maximum atomic E-state index is 13.1. The van der Waals surface area contributed by atoms with E-state index in [2.05, 4.69) is 10.6 Å². The minimum Gasteiger partial charge on any atom is -0.382 e. The molecule has 0 amide bonds. The van der Waals surface area contributed by atoms with E-state index in [4.69, 9.17) is 0 Å². The van der Waals surface area contributed by atoms with E-state index in [1.807, 2.05) is 0 Å². The monoisotopic (exact) mass is 279 g/mol.